The summed E-state index contributed by atoms with van der Waals surface area (Å²) < 4.78 is 32.8. The highest BCUT2D eigenvalue weighted by molar-refractivity contribution is 7.91. The standard InChI is InChI=1S/C13H19NO5S2/c1-8-4-9(2)20-12(8)21(17,18)14-7-13(19-3)5-10(6-13)11(15)16/h4,10,14H,5-7H2,1-3H3,(H,15,16). The van der Waals surface area contributed by atoms with E-state index in [0.717, 1.165) is 4.88 Å². The third kappa shape index (κ3) is 3.28. The fourth-order valence-corrected chi connectivity index (χ4v) is 5.40. The SMILES string of the molecule is COC1(CNS(=O)(=O)c2sc(C)cc2C)CC(C(=O)O)C1. The molecule has 1 aliphatic carbocycles. The van der Waals surface area contributed by atoms with Crippen molar-refractivity contribution in [3.8, 4) is 0 Å². The van der Waals surface area contributed by atoms with Crippen molar-refractivity contribution in [3.63, 3.8) is 0 Å². The summed E-state index contributed by atoms with van der Waals surface area (Å²) in [6.07, 6.45) is 0.646. The van der Waals surface area contributed by atoms with Crippen LogP contribution in [0.1, 0.15) is 23.3 Å². The van der Waals surface area contributed by atoms with Crippen molar-refractivity contribution in [1.82, 2.24) is 4.72 Å². The molecule has 0 saturated heterocycles. The average molecular weight is 333 g/mol. The van der Waals surface area contributed by atoms with Gasteiger partial charge in [-0.1, -0.05) is 0 Å². The number of sulfonamides is 1. The van der Waals surface area contributed by atoms with Crippen LogP contribution in [-0.2, 0) is 19.6 Å². The molecular formula is C13H19NO5S2. The van der Waals surface area contributed by atoms with Crippen LogP contribution in [0.5, 0.6) is 0 Å². The third-order valence-corrected chi connectivity index (χ3v) is 7.03. The first-order valence-corrected chi connectivity index (χ1v) is 8.84. The molecule has 0 atom stereocenters. The Morgan fingerprint density at radius 1 is 1.52 bits per heavy atom. The van der Waals surface area contributed by atoms with Gasteiger partial charge in [-0.25, -0.2) is 13.1 Å². The second-order valence-electron chi connectivity index (χ2n) is 5.48. The molecule has 1 aromatic heterocycles. The van der Waals surface area contributed by atoms with Gasteiger partial charge in [0.2, 0.25) is 10.0 Å². The van der Waals surface area contributed by atoms with Crippen LogP contribution in [0.2, 0.25) is 0 Å². The lowest BCUT2D eigenvalue weighted by molar-refractivity contribution is -0.161. The molecule has 2 rings (SSSR count). The third-order valence-electron chi connectivity index (χ3n) is 3.84. The van der Waals surface area contributed by atoms with Crippen LogP contribution in [0.25, 0.3) is 0 Å². The van der Waals surface area contributed by atoms with E-state index in [0.29, 0.717) is 22.6 Å². The number of carboxylic acid groups (broad SMARTS) is 1. The molecule has 21 heavy (non-hydrogen) atoms. The summed E-state index contributed by atoms with van der Waals surface area (Å²) in [6.45, 7) is 3.71. The molecule has 118 valence electrons. The molecule has 1 saturated carbocycles. The number of ether oxygens (including phenoxy) is 1. The number of hydrogen-bond acceptors (Lipinski definition) is 5. The summed E-state index contributed by atoms with van der Waals surface area (Å²) in [4.78, 5) is 11.8. The number of carboxylic acids is 1. The van der Waals surface area contributed by atoms with Crippen molar-refractivity contribution in [2.24, 2.45) is 5.92 Å². The zero-order chi connectivity index (χ0) is 15.8. The van der Waals surface area contributed by atoms with E-state index in [1.165, 1.54) is 18.4 Å². The maximum absolute atomic E-state index is 12.3. The zero-order valence-electron chi connectivity index (χ0n) is 12.2. The van der Waals surface area contributed by atoms with Gasteiger partial charge in [0.15, 0.2) is 0 Å². The van der Waals surface area contributed by atoms with E-state index in [4.69, 9.17) is 9.84 Å². The molecule has 0 unspecified atom stereocenters. The van der Waals surface area contributed by atoms with Gasteiger partial charge in [0.25, 0.3) is 0 Å². The molecule has 0 aliphatic heterocycles. The molecule has 1 aliphatic rings. The Balaban J connectivity index is 2.05. The molecule has 6 nitrogen and oxygen atoms in total. The van der Waals surface area contributed by atoms with Gasteiger partial charge in [0, 0.05) is 18.5 Å². The first-order chi connectivity index (χ1) is 9.69. The molecule has 1 aromatic rings. The lowest BCUT2D eigenvalue weighted by atomic mass is 9.71. The lowest BCUT2D eigenvalue weighted by Gasteiger charge is -2.44. The average Bonchev–Trinajstić information content (AvgIpc) is 2.68. The molecule has 2 N–H and O–H groups in total. The van der Waals surface area contributed by atoms with E-state index in [2.05, 4.69) is 4.72 Å². The van der Waals surface area contributed by atoms with Crippen molar-refractivity contribution in [3.05, 3.63) is 16.5 Å². The molecule has 8 heteroatoms. The van der Waals surface area contributed by atoms with E-state index < -0.39 is 27.5 Å². The summed E-state index contributed by atoms with van der Waals surface area (Å²) in [6, 6.07) is 1.83. The van der Waals surface area contributed by atoms with E-state index in [1.54, 1.807) is 6.92 Å². The maximum Gasteiger partial charge on any atom is 0.306 e. The first kappa shape index (κ1) is 16.4. The zero-order valence-corrected chi connectivity index (χ0v) is 13.8. The number of methoxy groups -OCH3 is 1. The number of aliphatic carboxylic acids is 1. The highest BCUT2D eigenvalue weighted by atomic mass is 32.2. The van der Waals surface area contributed by atoms with Crippen LogP contribution >= 0.6 is 11.3 Å². The summed E-state index contributed by atoms with van der Waals surface area (Å²) in [5.41, 5.74) is 0.00422. The highest BCUT2D eigenvalue weighted by Crippen LogP contribution is 2.40. The molecule has 1 fully saturated rings. The minimum Gasteiger partial charge on any atom is -0.481 e. The van der Waals surface area contributed by atoms with Crippen molar-refractivity contribution >= 4 is 27.3 Å². The Labute approximate surface area is 128 Å². The Hall–Kier alpha value is -0.960. The monoisotopic (exact) mass is 333 g/mol. The quantitative estimate of drug-likeness (QED) is 0.823. The van der Waals surface area contributed by atoms with Crippen molar-refractivity contribution in [2.75, 3.05) is 13.7 Å². The van der Waals surface area contributed by atoms with Crippen LogP contribution < -0.4 is 4.72 Å². The predicted octanol–water partition coefficient (Wildman–Crippen LogP) is 1.52. The van der Waals surface area contributed by atoms with Crippen LogP contribution in [0.4, 0.5) is 0 Å². The van der Waals surface area contributed by atoms with Gasteiger partial charge in [-0.05, 0) is 38.3 Å². The maximum atomic E-state index is 12.3. The normalized spacial score (nSPS) is 25.6. The fraction of sp³-hybridized carbons (Fsp3) is 0.615. The Morgan fingerprint density at radius 3 is 2.57 bits per heavy atom. The molecule has 0 amide bonds. The molecule has 1 heterocycles. The van der Waals surface area contributed by atoms with Crippen LogP contribution in [0.15, 0.2) is 10.3 Å². The number of carbonyl (C=O) groups is 1. The van der Waals surface area contributed by atoms with Gasteiger partial charge in [-0.3, -0.25) is 4.79 Å². The molecule has 0 bridgehead atoms. The molecule has 0 radical (unpaired) electrons. The van der Waals surface area contributed by atoms with Gasteiger partial charge in [-0.15, -0.1) is 11.3 Å². The number of thiophene rings is 1. The summed E-state index contributed by atoms with van der Waals surface area (Å²) in [5.74, 6) is -1.32. The van der Waals surface area contributed by atoms with Crippen molar-refractivity contribution in [2.45, 2.75) is 36.5 Å². The van der Waals surface area contributed by atoms with Crippen LogP contribution in [0.3, 0.4) is 0 Å². The van der Waals surface area contributed by atoms with Gasteiger partial charge in [-0.2, -0.15) is 0 Å². The largest absolute Gasteiger partial charge is 0.481 e. The minimum absolute atomic E-state index is 0.0893. The molecular weight excluding hydrogens is 314 g/mol. The van der Waals surface area contributed by atoms with Crippen LogP contribution in [0, 0.1) is 19.8 Å². The Kier molecular flexibility index (Phi) is 4.44. The number of hydrogen-bond donors (Lipinski definition) is 2. The Morgan fingerprint density at radius 2 is 2.14 bits per heavy atom. The van der Waals surface area contributed by atoms with Crippen molar-refractivity contribution in [1.29, 1.82) is 0 Å². The van der Waals surface area contributed by atoms with Gasteiger partial charge in [0.1, 0.15) is 4.21 Å². The summed E-state index contributed by atoms with van der Waals surface area (Å²) in [7, 11) is -2.11. The summed E-state index contributed by atoms with van der Waals surface area (Å²) in [5, 5.41) is 8.91. The number of rotatable bonds is 6. The van der Waals surface area contributed by atoms with Crippen molar-refractivity contribution < 1.29 is 23.1 Å². The molecule has 0 aromatic carbocycles. The smallest absolute Gasteiger partial charge is 0.306 e. The topological polar surface area (TPSA) is 92.7 Å². The first-order valence-electron chi connectivity index (χ1n) is 6.54. The predicted molar refractivity (Wildman–Crippen MR) is 79.1 cm³/mol. The van der Waals surface area contributed by atoms with E-state index >= 15 is 0 Å². The summed E-state index contributed by atoms with van der Waals surface area (Å²) >= 11 is 1.23. The highest BCUT2D eigenvalue weighted by Gasteiger charge is 2.48. The van der Waals surface area contributed by atoms with E-state index in [1.807, 2.05) is 13.0 Å². The number of nitrogens with one attached hydrogen (secondary N) is 1. The van der Waals surface area contributed by atoms with E-state index in [9.17, 15) is 13.2 Å². The second-order valence-corrected chi connectivity index (χ2v) is 8.70. The van der Waals surface area contributed by atoms with Crippen LogP contribution in [-0.4, -0.2) is 38.7 Å². The van der Waals surface area contributed by atoms with E-state index in [-0.39, 0.29) is 6.54 Å². The van der Waals surface area contributed by atoms with Gasteiger partial charge >= 0.3 is 5.97 Å². The van der Waals surface area contributed by atoms with Gasteiger partial charge < -0.3 is 9.84 Å². The number of aryl methyl sites for hydroxylation is 2. The lowest BCUT2D eigenvalue weighted by Crippen LogP contribution is -2.55. The van der Waals surface area contributed by atoms with Gasteiger partial charge in [0.05, 0.1) is 11.5 Å². The second kappa shape index (κ2) is 5.68. The minimum atomic E-state index is -3.59. The fourth-order valence-electron chi connectivity index (χ4n) is 2.57. The Bertz CT molecular complexity index is 644. The molecule has 0 spiro atoms.